The van der Waals surface area contributed by atoms with Crippen LogP contribution in [0, 0.1) is 0 Å². The quantitative estimate of drug-likeness (QED) is 0.873. The second-order valence-corrected chi connectivity index (χ2v) is 6.32. The van der Waals surface area contributed by atoms with Crippen molar-refractivity contribution in [3.63, 3.8) is 0 Å². The Labute approximate surface area is 104 Å². The fraction of sp³-hybridized carbons (Fsp3) is 0.375. The van der Waals surface area contributed by atoms with Crippen LogP contribution in [0.25, 0.3) is 0 Å². The monoisotopic (exact) mass is 283 g/mol. The summed E-state index contributed by atoms with van der Waals surface area (Å²) in [6, 6.07) is 1.45. The number of nitrogens with zero attached hydrogens (tertiary/aromatic N) is 1. The molecule has 0 aliphatic rings. The van der Waals surface area contributed by atoms with Crippen molar-refractivity contribution < 1.29 is 8.42 Å². The van der Waals surface area contributed by atoms with Gasteiger partial charge >= 0.3 is 0 Å². The van der Waals surface area contributed by atoms with Crippen molar-refractivity contribution in [1.82, 2.24) is 4.98 Å². The van der Waals surface area contributed by atoms with E-state index in [1.807, 2.05) is 0 Å². The van der Waals surface area contributed by atoms with E-state index in [-0.39, 0.29) is 23.1 Å². The van der Waals surface area contributed by atoms with Gasteiger partial charge in [-0.3, -0.25) is 0 Å². The van der Waals surface area contributed by atoms with Gasteiger partial charge in [0.05, 0.1) is 15.8 Å². The molecule has 90 valence electrons. The minimum Gasteiger partial charge on any atom is -0.382 e. The number of aromatic nitrogens is 1. The van der Waals surface area contributed by atoms with Crippen LogP contribution < -0.4 is 11.1 Å². The third-order valence-corrected chi connectivity index (χ3v) is 3.26. The number of nitrogen functional groups attached to an aromatic ring is 1. The Balaban J connectivity index is 2.71. The molecule has 3 N–H and O–H groups in total. The highest BCUT2D eigenvalue weighted by Gasteiger charge is 2.08. The van der Waals surface area contributed by atoms with Crippen LogP contribution in [0.3, 0.4) is 0 Å². The predicted octanol–water partition coefficient (Wildman–Crippen LogP) is 1.43. The third kappa shape index (κ3) is 4.03. The van der Waals surface area contributed by atoms with Gasteiger partial charge < -0.3 is 11.1 Å². The van der Waals surface area contributed by atoms with Crippen molar-refractivity contribution >= 4 is 44.7 Å². The Hall–Kier alpha value is -0.720. The van der Waals surface area contributed by atoms with Crippen molar-refractivity contribution in [3.8, 4) is 0 Å². The van der Waals surface area contributed by atoms with E-state index in [0.717, 1.165) is 6.26 Å². The molecule has 16 heavy (non-hydrogen) atoms. The normalized spacial score (nSPS) is 11.4. The molecule has 1 heterocycles. The van der Waals surface area contributed by atoms with Gasteiger partial charge in [0.2, 0.25) is 0 Å². The van der Waals surface area contributed by atoms with Gasteiger partial charge in [-0.05, 0) is 6.07 Å². The van der Waals surface area contributed by atoms with E-state index < -0.39 is 9.84 Å². The Kier molecular flexibility index (Phi) is 4.23. The van der Waals surface area contributed by atoms with Gasteiger partial charge in [-0.1, -0.05) is 23.2 Å². The highest BCUT2D eigenvalue weighted by Crippen LogP contribution is 2.27. The van der Waals surface area contributed by atoms with E-state index in [4.69, 9.17) is 28.9 Å². The first-order valence-corrected chi connectivity index (χ1v) is 7.14. The zero-order chi connectivity index (χ0) is 12.3. The molecular weight excluding hydrogens is 273 g/mol. The lowest BCUT2D eigenvalue weighted by atomic mass is 10.4. The van der Waals surface area contributed by atoms with Crippen molar-refractivity contribution in [2.75, 3.05) is 29.6 Å². The Bertz CT molecular complexity index is 490. The molecule has 0 aliphatic carbocycles. The minimum absolute atomic E-state index is 0.00641. The maximum Gasteiger partial charge on any atom is 0.149 e. The molecule has 1 aromatic rings. The van der Waals surface area contributed by atoms with Crippen LogP contribution in [0.4, 0.5) is 11.6 Å². The largest absolute Gasteiger partial charge is 0.382 e. The topological polar surface area (TPSA) is 85.1 Å². The molecule has 0 aliphatic heterocycles. The van der Waals surface area contributed by atoms with Gasteiger partial charge in [0.1, 0.15) is 21.5 Å². The molecule has 8 heteroatoms. The van der Waals surface area contributed by atoms with E-state index in [1.54, 1.807) is 0 Å². The number of sulfone groups is 1. The summed E-state index contributed by atoms with van der Waals surface area (Å²) < 4.78 is 21.8. The number of hydrogen-bond donors (Lipinski definition) is 2. The summed E-state index contributed by atoms with van der Waals surface area (Å²) in [6.07, 6.45) is 1.15. The van der Waals surface area contributed by atoms with Gasteiger partial charge in [0.15, 0.2) is 0 Å². The summed E-state index contributed by atoms with van der Waals surface area (Å²) in [7, 11) is -3.02. The Morgan fingerprint density at radius 1 is 1.44 bits per heavy atom. The molecule has 0 saturated carbocycles. The van der Waals surface area contributed by atoms with E-state index in [0.29, 0.717) is 10.8 Å². The van der Waals surface area contributed by atoms with E-state index in [1.165, 1.54) is 6.07 Å². The first-order valence-electron chi connectivity index (χ1n) is 4.33. The number of halogens is 2. The fourth-order valence-electron chi connectivity index (χ4n) is 0.960. The second-order valence-electron chi connectivity index (χ2n) is 3.24. The van der Waals surface area contributed by atoms with Gasteiger partial charge in [-0.25, -0.2) is 13.4 Å². The molecule has 5 nitrogen and oxygen atoms in total. The number of anilines is 2. The van der Waals surface area contributed by atoms with Gasteiger partial charge in [0, 0.05) is 12.8 Å². The molecule has 1 aromatic heterocycles. The average molecular weight is 284 g/mol. The Morgan fingerprint density at radius 2 is 2.06 bits per heavy atom. The second kappa shape index (κ2) is 5.07. The van der Waals surface area contributed by atoms with Crippen LogP contribution in [-0.2, 0) is 9.84 Å². The number of nitrogens with two attached hydrogens (primary N) is 1. The van der Waals surface area contributed by atoms with Crippen LogP contribution in [-0.4, -0.2) is 32.0 Å². The minimum atomic E-state index is -3.02. The molecule has 0 aromatic carbocycles. The van der Waals surface area contributed by atoms with E-state index in [2.05, 4.69) is 10.3 Å². The highest BCUT2D eigenvalue weighted by atomic mass is 35.5. The van der Waals surface area contributed by atoms with Crippen LogP contribution in [0.1, 0.15) is 0 Å². The summed E-state index contributed by atoms with van der Waals surface area (Å²) in [5.41, 5.74) is 5.49. The number of rotatable bonds is 4. The van der Waals surface area contributed by atoms with Crippen molar-refractivity contribution in [2.24, 2.45) is 0 Å². The fourth-order valence-corrected chi connectivity index (χ4v) is 1.86. The maximum atomic E-state index is 10.9. The average Bonchev–Trinajstić information content (AvgIpc) is 2.11. The highest BCUT2D eigenvalue weighted by molar-refractivity contribution is 7.90. The molecule has 0 saturated heterocycles. The van der Waals surface area contributed by atoms with Gasteiger partial charge in [-0.2, -0.15) is 0 Å². The summed E-state index contributed by atoms with van der Waals surface area (Å²) in [5.74, 6) is 0.466. The summed E-state index contributed by atoms with van der Waals surface area (Å²) >= 11 is 11.5. The zero-order valence-corrected chi connectivity index (χ0v) is 10.8. The standard InChI is InChI=1S/C8H11Cl2N3O2S/c1-16(14,15)3-2-12-8-6(10)4-5(9)7(11)13-8/h4H,2-3H2,1H3,(H3,11,12,13). The molecule has 0 spiro atoms. The van der Waals surface area contributed by atoms with Crippen LogP contribution >= 0.6 is 23.2 Å². The van der Waals surface area contributed by atoms with Crippen LogP contribution in [0.15, 0.2) is 6.07 Å². The first kappa shape index (κ1) is 13.3. The van der Waals surface area contributed by atoms with Crippen molar-refractivity contribution in [1.29, 1.82) is 0 Å². The van der Waals surface area contributed by atoms with E-state index >= 15 is 0 Å². The summed E-state index contributed by atoms with van der Waals surface area (Å²) in [5, 5.41) is 3.34. The lowest BCUT2D eigenvalue weighted by molar-refractivity contribution is 0.602. The van der Waals surface area contributed by atoms with Crippen molar-refractivity contribution in [2.45, 2.75) is 0 Å². The van der Waals surface area contributed by atoms with Crippen molar-refractivity contribution in [3.05, 3.63) is 16.1 Å². The molecule has 0 amide bonds. The van der Waals surface area contributed by atoms with Crippen LogP contribution in [0.5, 0.6) is 0 Å². The molecule has 1 rings (SSSR count). The number of hydrogen-bond acceptors (Lipinski definition) is 5. The van der Waals surface area contributed by atoms with Gasteiger partial charge in [0.25, 0.3) is 0 Å². The summed E-state index contributed by atoms with van der Waals surface area (Å²) in [6.45, 7) is 0.215. The smallest absolute Gasteiger partial charge is 0.149 e. The number of nitrogens with one attached hydrogen (secondary N) is 1. The lowest BCUT2D eigenvalue weighted by Gasteiger charge is -2.08. The SMILES string of the molecule is CS(=O)(=O)CCNc1nc(N)c(Cl)cc1Cl. The molecule has 0 fully saturated rings. The van der Waals surface area contributed by atoms with Crippen LogP contribution in [0.2, 0.25) is 10.0 Å². The third-order valence-electron chi connectivity index (χ3n) is 1.72. The molecule has 0 unspecified atom stereocenters. The molecule has 0 bridgehead atoms. The van der Waals surface area contributed by atoms with E-state index in [9.17, 15) is 8.42 Å². The molecular formula is C8H11Cl2N3O2S. The molecule has 0 radical (unpaired) electrons. The summed E-state index contributed by atoms with van der Waals surface area (Å²) in [4.78, 5) is 3.90. The lowest BCUT2D eigenvalue weighted by Crippen LogP contribution is -2.15. The molecule has 0 atom stereocenters. The number of pyridine rings is 1. The predicted molar refractivity (Wildman–Crippen MR) is 66.9 cm³/mol. The zero-order valence-electron chi connectivity index (χ0n) is 8.50. The maximum absolute atomic E-state index is 10.9. The van der Waals surface area contributed by atoms with Gasteiger partial charge in [-0.15, -0.1) is 0 Å². The Morgan fingerprint density at radius 3 is 2.62 bits per heavy atom. The first-order chi connectivity index (χ1) is 7.29.